The lowest BCUT2D eigenvalue weighted by molar-refractivity contribution is -0.162. The predicted octanol–water partition coefficient (Wildman–Crippen LogP) is 1.39. The van der Waals surface area contributed by atoms with Gasteiger partial charge in [-0.2, -0.15) is 0 Å². The van der Waals surface area contributed by atoms with Crippen LogP contribution < -0.4 is 0 Å². The molecular weight excluding hydrogens is 258 g/mol. The van der Waals surface area contributed by atoms with E-state index in [1.54, 1.807) is 4.90 Å². The Hall–Kier alpha value is -1.88. The molecule has 20 heavy (non-hydrogen) atoms. The van der Waals surface area contributed by atoms with Gasteiger partial charge in [-0.25, -0.2) is 0 Å². The van der Waals surface area contributed by atoms with Gasteiger partial charge in [0.1, 0.15) is 0 Å². The van der Waals surface area contributed by atoms with Crippen molar-refractivity contribution in [3.63, 3.8) is 0 Å². The van der Waals surface area contributed by atoms with E-state index in [0.29, 0.717) is 25.9 Å². The van der Waals surface area contributed by atoms with Crippen LogP contribution in [0.25, 0.3) is 0 Å². The third kappa shape index (κ3) is 1.53. The van der Waals surface area contributed by atoms with Crippen molar-refractivity contribution in [2.75, 3.05) is 6.61 Å². The van der Waals surface area contributed by atoms with Gasteiger partial charge in [-0.3, -0.25) is 9.59 Å². The summed E-state index contributed by atoms with van der Waals surface area (Å²) in [5.41, 5.74) is 0.0446. The standard InChI is InChI=1S/C15H15NO4/c17-12-6-7-15(20-12)8-11-9-19-13(16(11)14(15)18)10-4-2-1-3-5-10/h1-5,11,13H,6-9H2/t11-,13+,15-/m0/s1. The second kappa shape index (κ2) is 4.06. The summed E-state index contributed by atoms with van der Waals surface area (Å²) in [6.07, 6.45) is 1.04. The summed E-state index contributed by atoms with van der Waals surface area (Å²) in [7, 11) is 0. The molecule has 0 aromatic heterocycles. The van der Waals surface area contributed by atoms with E-state index < -0.39 is 5.60 Å². The molecule has 3 fully saturated rings. The van der Waals surface area contributed by atoms with E-state index in [9.17, 15) is 9.59 Å². The molecule has 0 saturated carbocycles. The van der Waals surface area contributed by atoms with Gasteiger partial charge in [0.2, 0.25) is 0 Å². The number of amides is 1. The monoisotopic (exact) mass is 273 g/mol. The predicted molar refractivity (Wildman–Crippen MR) is 68.4 cm³/mol. The molecule has 1 aromatic rings. The number of fused-ring (bicyclic) bond motifs is 1. The van der Waals surface area contributed by atoms with E-state index >= 15 is 0 Å². The minimum Gasteiger partial charge on any atom is -0.449 e. The van der Waals surface area contributed by atoms with Crippen LogP contribution in [0.2, 0.25) is 0 Å². The van der Waals surface area contributed by atoms with Crippen LogP contribution in [0.4, 0.5) is 0 Å². The third-order valence-electron chi connectivity index (χ3n) is 4.41. The number of esters is 1. The number of rotatable bonds is 1. The number of nitrogens with zero attached hydrogens (tertiary/aromatic N) is 1. The molecule has 5 heteroatoms. The fraction of sp³-hybridized carbons (Fsp3) is 0.467. The Morgan fingerprint density at radius 3 is 2.70 bits per heavy atom. The number of benzene rings is 1. The number of ether oxygens (including phenoxy) is 2. The zero-order chi connectivity index (χ0) is 13.7. The molecule has 3 aliphatic heterocycles. The highest BCUT2D eigenvalue weighted by molar-refractivity contribution is 5.93. The minimum absolute atomic E-state index is 0.0126. The van der Waals surface area contributed by atoms with Crippen molar-refractivity contribution in [2.45, 2.75) is 37.1 Å². The fourth-order valence-electron chi connectivity index (χ4n) is 3.48. The maximum atomic E-state index is 12.7. The van der Waals surface area contributed by atoms with Crippen LogP contribution in [0.15, 0.2) is 30.3 Å². The van der Waals surface area contributed by atoms with Gasteiger partial charge in [0, 0.05) is 24.8 Å². The fourth-order valence-corrected chi connectivity index (χ4v) is 3.48. The van der Waals surface area contributed by atoms with Crippen LogP contribution in [0, 0.1) is 0 Å². The number of hydrogen-bond donors (Lipinski definition) is 0. The lowest BCUT2D eigenvalue weighted by Gasteiger charge is -2.25. The van der Waals surface area contributed by atoms with Crippen LogP contribution in [-0.4, -0.2) is 35.0 Å². The van der Waals surface area contributed by atoms with E-state index in [1.807, 2.05) is 30.3 Å². The molecule has 0 N–H and O–H groups in total. The molecule has 1 amide bonds. The first-order chi connectivity index (χ1) is 9.70. The van der Waals surface area contributed by atoms with Gasteiger partial charge in [0.15, 0.2) is 11.8 Å². The third-order valence-corrected chi connectivity index (χ3v) is 4.41. The average Bonchev–Trinajstić information content (AvgIpc) is 3.10. The molecule has 0 aliphatic carbocycles. The summed E-state index contributed by atoms with van der Waals surface area (Å²) in [4.78, 5) is 25.9. The molecule has 1 aromatic carbocycles. The SMILES string of the molecule is O=C1CC[C@@]2(C[C@H]3CO[C@H](c4ccccc4)N3C2=O)O1. The Kier molecular flexibility index (Phi) is 2.41. The van der Waals surface area contributed by atoms with Gasteiger partial charge in [-0.05, 0) is 0 Å². The van der Waals surface area contributed by atoms with Crippen molar-refractivity contribution in [1.29, 1.82) is 0 Å². The molecule has 3 atom stereocenters. The summed E-state index contributed by atoms with van der Waals surface area (Å²) >= 11 is 0. The Morgan fingerprint density at radius 2 is 2.00 bits per heavy atom. The van der Waals surface area contributed by atoms with E-state index in [2.05, 4.69) is 0 Å². The van der Waals surface area contributed by atoms with Gasteiger partial charge in [-0.15, -0.1) is 0 Å². The molecule has 1 spiro atoms. The zero-order valence-corrected chi connectivity index (χ0v) is 11.0. The van der Waals surface area contributed by atoms with Gasteiger partial charge >= 0.3 is 5.97 Å². The Labute approximate surface area is 116 Å². The second-order valence-corrected chi connectivity index (χ2v) is 5.64. The lowest BCUT2D eigenvalue weighted by atomic mass is 9.96. The van der Waals surface area contributed by atoms with Crippen LogP contribution in [-0.2, 0) is 19.1 Å². The molecule has 0 radical (unpaired) electrons. The highest BCUT2D eigenvalue weighted by Gasteiger charge is 2.61. The number of carbonyl (C=O) groups is 2. The van der Waals surface area contributed by atoms with Gasteiger partial charge in [-0.1, -0.05) is 30.3 Å². The van der Waals surface area contributed by atoms with Crippen molar-refractivity contribution >= 4 is 11.9 Å². The molecule has 0 bridgehead atoms. The van der Waals surface area contributed by atoms with Crippen molar-refractivity contribution in [2.24, 2.45) is 0 Å². The van der Waals surface area contributed by atoms with Crippen LogP contribution >= 0.6 is 0 Å². The summed E-state index contributed by atoms with van der Waals surface area (Å²) in [5.74, 6) is -0.364. The number of carbonyl (C=O) groups excluding carboxylic acids is 2. The first-order valence-electron chi connectivity index (χ1n) is 6.91. The van der Waals surface area contributed by atoms with Gasteiger partial charge in [0.05, 0.1) is 12.6 Å². The highest BCUT2D eigenvalue weighted by atomic mass is 16.6. The molecule has 5 nitrogen and oxygen atoms in total. The normalized spacial score (nSPS) is 35.7. The van der Waals surface area contributed by atoms with Crippen molar-refractivity contribution in [1.82, 2.24) is 4.90 Å². The van der Waals surface area contributed by atoms with Crippen molar-refractivity contribution in [3.8, 4) is 0 Å². The average molecular weight is 273 g/mol. The zero-order valence-electron chi connectivity index (χ0n) is 11.0. The number of hydrogen-bond acceptors (Lipinski definition) is 4. The first kappa shape index (κ1) is 11.9. The quantitative estimate of drug-likeness (QED) is 0.726. The van der Waals surface area contributed by atoms with Crippen LogP contribution in [0.5, 0.6) is 0 Å². The molecule has 4 rings (SSSR count). The Balaban J connectivity index is 1.66. The Bertz CT molecular complexity index is 572. The van der Waals surface area contributed by atoms with E-state index in [4.69, 9.17) is 9.47 Å². The molecule has 0 unspecified atom stereocenters. The Morgan fingerprint density at radius 1 is 1.20 bits per heavy atom. The minimum atomic E-state index is -0.918. The maximum Gasteiger partial charge on any atom is 0.307 e. The topological polar surface area (TPSA) is 55.8 Å². The molecule has 104 valence electrons. The largest absolute Gasteiger partial charge is 0.449 e. The first-order valence-corrected chi connectivity index (χ1v) is 6.91. The summed E-state index contributed by atoms with van der Waals surface area (Å²) < 4.78 is 11.1. The molecule has 3 aliphatic rings. The molecule has 3 saturated heterocycles. The maximum absolute atomic E-state index is 12.7. The van der Waals surface area contributed by atoms with Crippen LogP contribution in [0.1, 0.15) is 31.1 Å². The second-order valence-electron chi connectivity index (χ2n) is 5.64. The summed E-state index contributed by atoms with van der Waals surface area (Å²) in [6.45, 7) is 0.505. The molecular formula is C15H15NO4. The van der Waals surface area contributed by atoms with Crippen molar-refractivity contribution in [3.05, 3.63) is 35.9 Å². The highest BCUT2D eigenvalue weighted by Crippen LogP contribution is 2.46. The van der Waals surface area contributed by atoms with E-state index in [0.717, 1.165) is 5.56 Å². The summed E-state index contributed by atoms with van der Waals surface area (Å²) in [6, 6.07) is 9.70. The van der Waals surface area contributed by atoms with E-state index in [1.165, 1.54) is 0 Å². The van der Waals surface area contributed by atoms with Gasteiger partial charge in [0.25, 0.3) is 5.91 Å². The van der Waals surface area contributed by atoms with Gasteiger partial charge < -0.3 is 14.4 Å². The van der Waals surface area contributed by atoms with Crippen LogP contribution in [0.3, 0.4) is 0 Å². The lowest BCUT2D eigenvalue weighted by Crippen LogP contribution is -2.41. The summed E-state index contributed by atoms with van der Waals surface area (Å²) in [5, 5.41) is 0. The van der Waals surface area contributed by atoms with Crippen molar-refractivity contribution < 1.29 is 19.1 Å². The smallest absolute Gasteiger partial charge is 0.307 e. The molecule has 3 heterocycles. The van der Waals surface area contributed by atoms with E-state index in [-0.39, 0.29) is 24.1 Å².